The number of anilines is 1. The molecule has 0 aliphatic carbocycles. The van der Waals surface area contributed by atoms with Gasteiger partial charge in [0.1, 0.15) is 11.5 Å². The number of nitrogens with zero attached hydrogens (tertiary/aromatic N) is 6. The molecule has 3 aliphatic rings. The van der Waals surface area contributed by atoms with Gasteiger partial charge in [-0.2, -0.15) is 5.10 Å². The Morgan fingerprint density at radius 3 is 2.48 bits per heavy atom. The Labute approximate surface area is 174 Å². The highest BCUT2D eigenvalue weighted by Gasteiger charge is 2.48. The van der Waals surface area contributed by atoms with Crippen molar-refractivity contribution in [3.63, 3.8) is 0 Å². The normalized spacial score (nSPS) is 20.8. The summed E-state index contributed by atoms with van der Waals surface area (Å²) >= 11 is 1.54. The molecule has 154 valence electrons. The maximum atomic E-state index is 13.1. The minimum absolute atomic E-state index is 0.0868. The number of rotatable bonds is 4. The molecule has 29 heavy (non-hydrogen) atoms. The summed E-state index contributed by atoms with van der Waals surface area (Å²) in [6, 6.07) is 3.15. The molecule has 0 N–H and O–H groups in total. The number of hydrogen-bond donors (Lipinski definition) is 0. The first kappa shape index (κ1) is 19.9. The van der Waals surface area contributed by atoms with Crippen molar-refractivity contribution in [2.24, 2.45) is 0 Å². The summed E-state index contributed by atoms with van der Waals surface area (Å²) in [7, 11) is 0. The topological polar surface area (TPSA) is 84.2 Å². The van der Waals surface area contributed by atoms with Gasteiger partial charge in [0.05, 0.1) is 18.1 Å². The number of hydrogen-bond acceptors (Lipinski definition) is 7. The number of carbonyl (C=O) groups excluding carboxylic acids is 1. The lowest BCUT2D eigenvalue weighted by molar-refractivity contribution is 0.00494. The molecule has 3 saturated heterocycles. The van der Waals surface area contributed by atoms with Crippen LogP contribution in [0, 0.1) is 13.8 Å². The summed E-state index contributed by atoms with van der Waals surface area (Å²) in [4.78, 5) is 38.5. The Bertz CT molecular complexity index is 1010. The van der Waals surface area contributed by atoms with Crippen molar-refractivity contribution in [3.8, 4) is 0 Å². The summed E-state index contributed by atoms with van der Waals surface area (Å²) in [5.41, 5.74) is 2.23. The van der Waals surface area contributed by atoms with Crippen molar-refractivity contribution in [3.05, 3.63) is 39.4 Å². The van der Waals surface area contributed by atoms with E-state index in [1.807, 2.05) is 31.9 Å². The quantitative estimate of drug-likeness (QED) is 0.559. The second kappa shape index (κ2) is 7.44. The average molecular weight is 415 g/mol. The van der Waals surface area contributed by atoms with E-state index in [1.54, 1.807) is 0 Å². The molecule has 2 aromatic rings. The summed E-state index contributed by atoms with van der Waals surface area (Å²) < 4.78 is 1.37. The number of amides is 1. The molecular weight excluding hydrogens is 388 g/mol. The fraction of sp³-hybridized carbons (Fsp3) is 0.550. The number of thioether (sulfide) groups is 1. The Balaban J connectivity index is 1.55. The van der Waals surface area contributed by atoms with Crippen LogP contribution in [0.5, 0.6) is 0 Å². The van der Waals surface area contributed by atoms with Crippen molar-refractivity contribution in [1.82, 2.24) is 24.6 Å². The van der Waals surface area contributed by atoms with E-state index >= 15 is 0 Å². The van der Waals surface area contributed by atoms with Crippen molar-refractivity contribution in [2.45, 2.75) is 57.4 Å². The molecule has 2 atom stereocenters. The van der Waals surface area contributed by atoms with Crippen LogP contribution in [0.1, 0.15) is 48.1 Å². The zero-order valence-corrected chi connectivity index (χ0v) is 18.2. The van der Waals surface area contributed by atoms with Crippen LogP contribution < -0.4 is 10.5 Å². The van der Waals surface area contributed by atoms with Crippen molar-refractivity contribution in [2.75, 3.05) is 24.2 Å². The predicted octanol–water partition coefficient (Wildman–Crippen LogP) is 2.06. The van der Waals surface area contributed by atoms with Gasteiger partial charge in [0.2, 0.25) is 0 Å². The second-order valence-corrected chi connectivity index (χ2v) is 8.77. The zero-order valence-electron chi connectivity index (χ0n) is 17.4. The number of fused-ring (bicyclic) bond motifs is 2. The van der Waals surface area contributed by atoms with Gasteiger partial charge in [-0.1, -0.05) is 11.8 Å². The van der Waals surface area contributed by atoms with Crippen molar-refractivity contribution < 1.29 is 4.79 Å². The van der Waals surface area contributed by atoms with Gasteiger partial charge in [-0.05, 0) is 46.4 Å². The predicted molar refractivity (Wildman–Crippen MR) is 113 cm³/mol. The van der Waals surface area contributed by atoms with Gasteiger partial charge < -0.3 is 9.80 Å². The fourth-order valence-corrected chi connectivity index (χ4v) is 4.55. The first-order valence-electron chi connectivity index (χ1n) is 9.86. The van der Waals surface area contributed by atoms with Crippen LogP contribution in [0.25, 0.3) is 0 Å². The first-order chi connectivity index (χ1) is 13.8. The van der Waals surface area contributed by atoms with Crippen LogP contribution in [0.3, 0.4) is 0 Å². The highest BCUT2D eigenvalue weighted by atomic mass is 32.2. The molecule has 9 heteroatoms. The molecule has 0 spiro atoms. The largest absolute Gasteiger partial charge is 0.352 e. The molecule has 1 amide bonds. The van der Waals surface area contributed by atoms with Gasteiger partial charge in [-0.3, -0.25) is 9.59 Å². The van der Waals surface area contributed by atoms with E-state index in [4.69, 9.17) is 4.98 Å². The molecule has 8 nitrogen and oxygen atoms in total. The van der Waals surface area contributed by atoms with Crippen LogP contribution in [-0.4, -0.2) is 62.0 Å². The standard InChI is InChI=1S/C20H26N6O2S/c1-11(2)26-17(27)7-6-16(23-26)19(28)25-14-8-15(25)10-24(9-14)18-12(3)13(4)21-20(22-18)29-5/h6-7,11,14-15H,8-10H2,1-5H3. The second-order valence-electron chi connectivity index (χ2n) is 8.00. The van der Waals surface area contributed by atoms with Crippen molar-refractivity contribution in [1.29, 1.82) is 0 Å². The summed E-state index contributed by atoms with van der Waals surface area (Å²) in [6.45, 7) is 9.32. The first-order valence-corrected chi connectivity index (χ1v) is 11.1. The molecule has 2 aromatic heterocycles. The summed E-state index contributed by atoms with van der Waals surface area (Å²) in [6.07, 6.45) is 2.97. The van der Waals surface area contributed by atoms with Crippen LogP contribution in [0.15, 0.2) is 22.1 Å². The Kier molecular flexibility index (Phi) is 5.10. The fourth-order valence-electron chi connectivity index (χ4n) is 4.14. The Morgan fingerprint density at radius 2 is 1.86 bits per heavy atom. The third-order valence-corrected chi connectivity index (χ3v) is 6.33. The van der Waals surface area contributed by atoms with E-state index in [0.717, 1.165) is 41.7 Å². The molecular formula is C20H26N6O2S. The van der Waals surface area contributed by atoms with E-state index < -0.39 is 0 Å². The number of carbonyl (C=O) groups is 1. The molecule has 5 rings (SSSR count). The van der Waals surface area contributed by atoms with Gasteiger partial charge >= 0.3 is 0 Å². The Hall–Kier alpha value is -2.42. The molecule has 0 radical (unpaired) electrons. The van der Waals surface area contributed by atoms with Gasteiger partial charge in [-0.15, -0.1) is 0 Å². The minimum Gasteiger partial charge on any atom is -0.352 e. The molecule has 0 aromatic carbocycles. The van der Waals surface area contributed by atoms with Gasteiger partial charge in [0.25, 0.3) is 11.5 Å². The maximum absolute atomic E-state index is 13.1. The maximum Gasteiger partial charge on any atom is 0.274 e. The molecule has 2 unspecified atom stereocenters. The highest BCUT2D eigenvalue weighted by Crippen LogP contribution is 2.36. The number of aryl methyl sites for hydroxylation is 1. The smallest absolute Gasteiger partial charge is 0.274 e. The van der Waals surface area contributed by atoms with Gasteiger partial charge in [0.15, 0.2) is 5.16 Å². The van der Waals surface area contributed by atoms with E-state index in [1.165, 1.54) is 28.6 Å². The van der Waals surface area contributed by atoms with E-state index in [9.17, 15) is 9.59 Å². The lowest BCUT2D eigenvalue weighted by atomic mass is 9.86. The van der Waals surface area contributed by atoms with Crippen molar-refractivity contribution >= 4 is 23.5 Å². The van der Waals surface area contributed by atoms with Crippen LogP contribution in [0.2, 0.25) is 0 Å². The van der Waals surface area contributed by atoms with Crippen LogP contribution in [-0.2, 0) is 0 Å². The lowest BCUT2D eigenvalue weighted by Crippen LogP contribution is -2.70. The van der Waals surface area contributed by atoms with Crippen LogP contribution in [0.4, 0.5) is 5.82 Å². The van der Waals surface area contributed by atoms with E-state index in [-0.39, 0.29) is 29.6 Å². The summed E-state index contributed by atoms with van der Waals surface area (Å²) in [5.74, 6) is 0.871. The van der Waals surface area contributed by atoms with Crippen LogP contribution >= 0.6 is 11.8 Å². The minimum atomic E-state index is -0.189. The molecule has 3 aliphatic heterocycles. The molecule has 5 heterocycles. The molecule has 0 saturated carbocycles. The summed E-state index contributed by atoms with van der Waals surface area (Å²) in [5, 5.41) is 5.08. The van der Waals surface area contributed by atoms with E-state index in [2.05, 4.69) is 21.9 Å². The monoisotopic (exact) mass is 414 g/mol. The molecule has 2 bridgehead atoms. The number of aromatic nitrogens is 4. The third-order valence-electron chi connectivity index (χ3n) is 5.79. The SMILES string of the molecule is CSc1nc(C)c(C)c(N2CC3CC(C2)N3C(=O)c2ccc(=O)n(C(C)C)n2)n1. The molecule has 3 fully saturated rings. The third kappa shape index (κ3) is 3.41. The van der Waals surface area contributed by atoms with E-state index in [0.29, 0.717) is 5.69 Å². The zero-order chi connectivity index (χ0) is 20.9. The highest BCUT2D eigenvalue weighted by molar-refractivity contribution is 7.98. The average Bonchev–Trinajstić information content (AvgIpc) is 2.69. The van der Waals surface area contributed by atoms with Gasteiger partial charge in [-0.25, -0.2) is 14.6 Å². The number of piperidine rings is 1. The lowest BCUT2D eigenvalue weighted by Gasteiger charge is -2.56. The number of piperazine rings is 1. The Morgan fingerprint density at radius 1 is 1.17 bits per heavy atom. The van der Waals surface area contributed by atoms with Gasteiger partial charge in [0, 0.05) is 30.4 Å².